The Kier molecular flexibility index (Phi) is 4.33. The highest BCUT2D eigenvalue weighted by Crippen LogP contribution is 2.19. The molecule has 1 aromatic heterocycles. The molecule has 0 fully saturated rings. The van der Waals surface area contributed by atoms with Gasteiger partial charge in [-0.05, 0) is 6.07 Å². The molecule has 0 saturated carbocycles. The molecule has 1 aromatic carbocycles. The Balaban J connectivity index is 1.97. The summed E-state index contributed by atoms with van der Waals surface area (Å²) >= 11 is 0. The van der Waals surface area contributed by atoms with Crippen LogP contribution in [0.15, 0.2) is 34.9 Å². The summed E-state index contributed by atoms with van der Waals surface area (Å²) in [6, 6.07) is 9.11. The minimum absolute atomic E-state index is 0.0517. The third-order valence-electron chi connectivity index (χ3n) is 2.41. The van der Waals surface area contributed by atoms with Crippen molar-refractivity contribution in [1.82, 2.24) is 5.16 Å². The number of aliphatic hydroxyl groups is 1. The van der Waals surface area contributed by atoms with E-state index in [4.69, 9.17) is 19.1 Å². The first-order valence-electron chi connectivity index (χ1n) is 5.58. The van der Waals surface area contributed by atoms with Gasteiger partial charge in [-0.25, -0.2) is 0 Å². The summed E-state index contributed by atoms with van der Waals surface area (Å²) < 4.78 is 15.6. The number of ether oxygens (including phenoxy) is 2. The van der Waals surface area contributed by atoms with E-state index in [1.807, 2.05) is 24.3 Å². The average Bonchev–Trinajstić information content (AvgIpc) is 2.85. The third-order valence-corrected chi connectivity index (χ3v) is 2.41. The van der Waals surface area contributed by atoms with Crippen molar-refractivity contribution < 1.29 is 19.1 Å². The maximum absolute atomic E-state index is 9.16. The molecule has 96 valence electrons. The van der Waals surface area contributed by atoms with Gasteiger partial charge in [-0.1, -0.05) is 23.4 Å². The van der Waals surface area contributed by atoms with Crippen molar-refractivity contribution in [3.63, 3.8) is 0 Å². The van der Waals surface area contributed by atoms with Gasteiger partial charge in [0.2, 0.25) is 0 Å². The molecule has 0 atom stereocenters. The van der Waals surface area contributed by atoms with Crippen molar-refractivity contribution in [3.8, 4) is 5.75 Å². The Morgan fingerprint density at radius 3 is 2.89 bits per heavy atom. The van der Waals surface area contributed by atoms with Crippen LogP contribution in [-0.4, -0.2) is 17.4 Å². The highest BCUT2D eigenvalue weighted by Gasteiger charge is 2.06. The van der Waals surface area contributed by atoms with Crippen LogP contribution in [0.3, 0.4) is 0 Å². The number of methoxy groups -OCH3 is 1. The van der Waals surface area contributed by atoms with Gasteiger partial charge in [-0.3, -0.25) is 0 Å². The summed E-state index contributed by atoms with van der Waals surface area (Å²) in [7, 11) is 1.59. The minimum Gasteiger partial charge on any atom is -0.487 e. The van der Waals surface area contributed by atoms with Crippen LogP contribution in [0.25, 0.3) is 0 Å². The van der Waals surface area contributed by atoms with Crippen LogP contribution in [0, 0.1) is 0 Å². The summed E-state index contributed by atoms with van der Waals surface area (Å²) in [6.07, 6.45) is 0. The molecule has 0 aliphatic rings. The summed E-state index contributed by atoms with van der Waals surface area (Å²) in [5, 5.41) is 13.0. The fraction of sp³-hybridized carbons (Fsp3) is 0.308. The standard InChI is InChI=1S/C13H15NO4/c1-16-9-12-6-11(14-18-12)8-17-13-5-3-2-4-10(13)7-15/h2-6,15H,7-9H2,1H3. The van der Waals surface area contributed by atoms with Crippen LogP contribution >= 0.6 is 0 Å². The Labute approximate surface area is 105 Å². The molecule has 2 aromatic rings. The lowest BCUT2D eigenvalue weighted by Gasteiger charge is -2.07. The molecule has 5 nitrogen and oxygen atoms in total. The number of rotatable bonds is 6. The quantitative estimate of drug-likeness (QED) is 0.847. The fourth-order valence-corrected chi connectivity index (χ4v) is 1.56. The number of aromatic nitrogens is 1. The van der Waals surface area contributed by atoms with Crippen molar-refractivity contribution in [1.29, 1.82) is 0 Å². The topological polar surface area (TPSA) is 64.7 Å². The zero-order chi connectivity index (χ0) is 12.8. The summed E-state index contributed by atoms with van der Waals surface area (Å²) in [5.41, 5.74) is 1.44. The molecule has 0 amide bonds. The number of nitrogens with zero attached hydrogens (tertiary/aromatic N) is 1. The van der Waals surface area contributed by atoms with Crippen molar-refractivity contribution in [2.24, 2.45) is 0 Å². The number of hydrogen-bond donors (Lipinski definition) is 1. The predicted molar refractivity (Wildman–Crippen MR) is 63.9 cm³/mol. The third kappa shape index (κ3) is 3.09. The SMILES string of the molecule is COCc1cc(COc2ccccc2CO)no1. The Hall–Kier alpha value is -1.85. The molecule has 0 unspecified atom stereocenters. The van der Waals surface area contributed by atoms with Gasteiger partial charge in [0.15, 0.2) is 5.76 Å². The maximum Gasteiger partial charge on any atom is 0.162 e. The van der Waals surface area contributed by atoms with Crippen molar-refractivity contribution in [2.45, 2.75) is 19.8 Å². The van der Waals surface area contributed by atoms with Crippen LogP contribution < -0.4 is 4.74 Å². The van der Waals surface area contributed by atoms with Gasteiger partial charge in [0.05, 0.1) is 6.61 Å². The van der Waals surface area contributed by atoms with Gasteiger partial charge >= 0.3 is 0 Å². The molecule has 0 spiro atoms. The van der Waals surface area contributed by atoms with Gasteiger partial charge in [0.25, 0.3) is 0 Å². The van der Waals surface area contributed by atoms with E-state index in [-0.39, 0.29) is 6.61 Å². The van der Waals surface area contributed by atoms with Crippen LogP contribution in [0.4, 0.5) is 0 Å². The van der Waals surface area contributed by atoms with Crippen LogP contribution in [0.2, 0.25) is 0 Å². The van der Waals surface area contributed by atoms with E-state index >= 15 is 0 Å². The zero-order valence-corrected chi connectivity index (χ0v) is 10.1. The van der Waals surface area contributed by atoms with Crippen LogP contribution in [-0.2, 0) is 24.6 Å². The van der Waals surface area contributed by atoms with Gasteiger partial charge in [0, 0.05) is 18.7 Å². The fourth-order valence-electron chi connectivity index (χ4n) is 1.56. The molecule has 0 radical (unpaired) electrons. The molecule has 0 saturated heterocycles. The van der Waals surface area contributed by atoms with Crippen molar-refractivity contribution in [2.75, 3.05) is 7.11 Å². The van der Waals surface area contributed by atoms with E-state index in [1.165, 1.54) is 0 Å². The Bertz CT molecular complexity index is 495. The van der Waals surface area contributed by atoms with E-state index in [1.54, 1.807) is 13.2 Å². The van der Waals surface area contributed by atoms with Crippen molar-refractivity contribution in [3.05, 3.63) is 47.3 Å². The lowest BCUT2D eigenvalue weighted by molar-refractivity contribution is 0.155. The van der Waals surface area contributed by atoms with E-state index in [0.717, 1.165) is 5.56 Å². The molecular formula is C13H15NO4. The highest BCUT2D eigenvalue weighted by molar-refractivity contribution is 5.32. The molecule has 0 aliphatic carbocycles. The van der Waals surface area contributed by atoms with Crippen molar-refractivity contribution >= 4 is 0 Å². The second-order valence-corrected chi connectivity index (χ2v) is 3.77. The molecule has 0 aliphatic heterocycles. The minimum atomic E-state index is -0.0517. The normalized spacial score (nSPS) is 10.6. The first-order valence-corrected chi connectivity index (χ1v) is 5.58. The van der Waals surface area contributed by atoms with E-state index in [9.17, 15) is 0 Å². The van der Waals surface area contributed by atoms with Gasteiger partial charge in [-0.2, -0.15) is 0 Å². The maximum atomic E-state index is 9.16. The number of para-hydroxylation sites is 1. The molecule has 2 rings (SSSR count). The second kappa shape index (κ2) is 6.18. The molecule has 1 N–H and O–H groups in total. The van der Waals surface area contributed by atoms with E-state index < -0.39 is 0 Å². The monoisotopic (exact) mass is 249 g/mol. The van der Waals surface area contributed by atoms with E-state index in [0.29, 0.717) is 30.4 Å². The molecule has 18 heavy (non-hydrogen) atoms. The average molecular weight is 249 g/mol. The van der Waals surface area contributed by atoms with Crippen LogP contribution in [0.5, 0.6) is 5.75 Å². The second-order valence-electron chi connectivity index (χ2n) is 3.77. The summed E-state index contributed by atoms with van der Waals surface area (Å²) in [4.78, 5) is 0. The predicted octanol–water partition coefficient (Wildman–Crippen LogP) is 1.89. The largest absolute Gasteiger partial charge is 0.487 e. The lowest BCUT2D eigenvalue weighted by Crippen LogP contribution is -1.98. The molecule has 5 heteroatoms. The number of benzene rings is 1. The molecule has 0 bridgehead atoms. The van der Waals surface area contributed by atoms with Gasteiger partial charge in [0.1, 0.15) is 24.7 Å². The smallest absolute Gasteiger partial charge is 0.162 e. The Morgan fingerprint density at radius 2 is 2.11 bits per heavy atom. The zero-order valence-electron chi connectivity index (χ0n) is 10.1. The van der Waals surface area contributed by atoms with Gasteiger partial charge < -0.3 is 19.1 Å². The number of aliphatic hydroxyl groups excluding tert-OH is 1. The first-order chi connectivity index (χ1) is 8.83. The molecule has 1 heterocycles. The Morgan fingerprint density at radius 1 is 1.28 bits per heavy atom. The highest BCUT2D eigenvalue weighted by atomic mass is 16.5. The lowest BCUT2D eigenvalue weighted by atomic mass is 10.2. The van der Waals surface area contributed by atoms with Crippen LogP contribution in [0.1, 0.15) is 17.0 Å². The summed E-state index contributed by atoms with van der Waals surface area (Å²) in [6.45, 7) is 0.633. The first kappa shape index (κ1) is 12.6. The van der Waals surface area contributed by atoms with Gasteiger partial charge in [-0.15, -0.1) is 0 Å². The van der Waals surface area contributed by atoms with E-state index in [2.05, 4.69) is 5.16 Å². The summed E-state index contributed by atoms with van der Waals surface area (Å²) in [5.74, 6) is 1.31. The number of hydrogen-bond acceptors (Lipinski definition) is 5. The molecular weight excluding hydrogens is 234 g/mol.